The number of aryl methyl sites for hydroxylation is 2. The van der Waals surface area contributed by atoms with Gasteiger partial charge >= 0.3 is 0 Å². The van der Waals surface area contributed by atoms with Crippen LogP contribution in [0.1, 0.15) is 32.4 Å². The van der Waals surface area contributed by atoms with Gasteiger partial charge in [0.25, 0.3) is 5.91 Å². The average molecular weight is 346 g/mol. The molecule has 2 aromatic heterocycles. The van der Waals surface area contributed by atoms with Crippen LogP contribution in [0.5, 0.6) is 0 Å². The van der Waals surface area contributed by atoms with Crippen molar-refractivity contribution in [1.29, 1.82) is 0 Å². The van der Waals surface area contributed by atoms with Crippen molar-refractivity contribution >= 4 is 23.2 Å². The Morgan fingerprint density at radius 3 is 2.62 bits per heavy atom. The lowest BCUT2D eigenvalue weighted by Gasteiger charge is -2.21. The van der Waals surface area contributed by atoms with Crippen molar-refractivity contribution < 1.29 is 4.79 Å². The maximum Gasteiger partial charge on any atom is 0.265 e. The van der Waals surface area contributed by atoms with Gasteiger partial charge in [0, 0.05) is 50.7 Å². The van der Waals surface area contributed by atoms with E-state index in [2.05, 4.69) is 19.9 Å². The second kappa shape index (κ2) is 7.23. The van der Waals surface area contributed by atoms with E-state index in [1.807, 2.05) is 18.7 Å². The predicted octanol–water partition coefficient (Wildman–Crippen LogP) is 1.48. The van der Waals surface area contributed by atoms with Gasteiger partial charge in [-0.25, -0.2) is 15.0 Å². The fourth-order valence-corrected chi connectivity index (χ4v) is 3.80. The van der Waals surface area contributed by atoms with Gasteiger partial charge in [-0.15, -0.1) is 11.3 Å². The lowest BCUT2D eigenvalue weighted by Crippen LogP contribution is -2.35. The molecule has 2 N–H and O–H groups in total. The van der Waals surface area contributed by atoms with E-state index in [1.54, 1.807) is 12.4 Å². The van der Waals surface area contributed by atoms with Crippen LogP contribution in [0.15, 0.2) is 12.4 Å². The minimum absolute atomic E-state index is 0.107. The third-order valence-electron chi connectivity index (χ3n) is 4.10. The summed E-state index contributed by atoms with van der Waals surface area (Å²) in [7, 11) is 0. The SMILES string of the molecule is Cc1nc(C)c(C(=O)N2CCCN(Cc3cnc(N)nc3)CC2)s1. The molecule has 0 spiro atoms. The number of amides is 1. The van der Waals surface area contributed by atoms with Crippen molar-refractivity contribution in [3.63, 3.8) is 0 Å². The summed E-state index contributed by atoms with van der Waals surface area (Å²) in [5.41, 5.74) is 7.40. The van der Waals surface area contributed by atoms with Gasteiger partial charge in [0.2, 0.25) is 5.95 Å². The van der Waals surface area contributed by atoms with Gasteiger partial charge in [-0.1, -0.05) is 0 Å². The Hall–Kier alpha value is -2.06. The molecule has 0 aliphatic carbocycles. The quantitative estimate of drug-likeness (QED) is 0.906. The highest BCUT2D eigenvalue weighted by molar-refractivity contribution is 7.13. The fourth-order valence-electron chi connectivity index (χ4n) is 2.91. The van der Waals surface area contributed by atoms with Crippen LogP contribution in [0.3, 0.4) is 0 Å². The van der Waals surface area contributed by atoms with Crippen molar-refractivity contribution in [2.45, 2.75) is 26.8 Å². The zero-order chi connectivity index (χ0) is 17.1. The Morgan fingerprint density at radius 2 is 1.96 bits per heavy atom. The van der Waals surface area contributed by atoms with Gasteiger partial charge in [0.15, 0.2) is 0 Å². The van der Waals surface area contributed by atoms with Crippen molar-refractivity contribution in [3.05, 3.63) is 33.5 Å². The number of carbonyl (C=O) groups is 1. The van der Waals surface area contributed by atoms with Crippen LogP contribution in [-0.2, 0) is 6.54 Å². The molecule has 7 nitrogen and oxygen atoms in total. The summed E-state index contributed by atoms with van der Waals surface area (Å²) in [6.45, 7) is 7.92. The summed E-state index contributed by atoms with van der Waals surface area (Å²) < 4.78 is 0. The predicted molar refractivity (Wildman–Crippen MR) is 93.8 cm³/mol. The summed E-state index contributed by atoms with van der Waals surface area (Å²) in [6.07, 6.45) is 4.48. The molecular weight excluding hydrogens is 324 g/mol. The largest absolute Gasteiger partial charge is 0.368 e. The number of rotatable bonds is 3. The van der Waals surface area contributed by atoms with E-state index in [0.717, 1.165) is 60.3 Å². The standard InChI is InChI=1S/C16H22N6OS/c1-11-14(24-12(2)20-11)15(23)22-5-3-4-21(6-7-22)10-13-8-18-16(17)19-9-13/h8-9H,3-7,10H2,1-2H3,(H2,17,18,19). The van der Waals surface area contributed by atoms with Gasteiger partial charge in [0.05, 0.1) is 10.7 Å². The van der Waals surface area contributed by atoms with Crippen molar-refractivity contribution in [1.82, 2.24) is 24.8 Å². The molecule has 1 saturated heterocycles. The van der Waals surface area contributed by atoms with Gasteiger partial charge in [-0.3, -0.25) is 9.69 Å². The molecule has 8 heteroatoms. The highest BCUT2D eigenvalue weighted by Crippen LogP contribution is 2.20. The van der Waals surface area contributed by atoms with E-state index in [9.17, 15) is 4.79 Å². The minimum atomic E-state index is 0.107. The molecule has 0 aromatic carbocycles. The Labute approximate surface area is 145 Å². The summed E-state index contributed by atoms with van der Waals surface area (Å²) in [4.78, 5) is 30.2. The van der Waals surface area contributed by atoms with Gasteiger partial charge < -0.3 is 10.6 Å². The zero-order valence-electron chi connectivity index (χ0n) is 14.0. The topological polar surface area (TPSA) is 88.2 Å². The second-order valence-corrected chi connectivity index (χ2v) is 7.22. The summed E-state index contributed by atoms with van der Waals surface area (Å²) in [5.74, 6) is 0.400. The van der Waals surface area contributed by atoms with E-state index < -0.39 is 0 Å². The first-order valence-electron chi connectivity index (χ1n) is 8.05. The van der Waals surface area contributed by atoms with Crippen LogP contribution in [0.2, 0.25) is 0 Å². The molecule has 1 fully saturated rings. The molecule has 1 aliphatic heterocycles. The number of nitrogen functional groups attached to an aromatic ring is 1. The Kier molecular flexibility index (Phi) is 5.06. The van der Waals surface area contributed by atoms with Crippen LogP contribution in [0.25, 0.3) is 0 Å². The maximum atomic E-state index is 12.7. The molecule has 0 atom stereocenters. The second-order valence-electron chi connectivity index (χ2n) is 6.02. The summed E-state index contributed by atoms with van der Waals surface area (Å²) in [6, 6.07) is 0. The molecule has 0 radical (unpaired) electrons. The number of carbonyl (C=O) groups excluding carboxylic acids is 1. The number of aromatic nitrogens is 3. The van der Waals surface area contributed by atoms with Crippen molar-refractivity contribution in [2.75, 3.05) is 31.9 Å². The first-order chi connectivity index (χ1) is 11.5. The van der Waals surface area contributed by atoms with E-state index in [0.29, 0.717) is 5.95 Å². The summed E-state index contributed by atoms with van der Waals surface area (Å²) in [5, 5.41) is 0.940. The lowest BCUT2D eigenvalue weighted by molar-refractivity contribution is 0.0765. The third-order valence-corrected chi connectivity index (χ3v) is 5.17. The molecule has 0 saturated carbocycles. The fraction of sp³-hybridized carbons (Fsp3) is 0.500. The monoisotopic (exact) mass is 346 g/mol. The highest BCUT2D eigenvalue weighted by Gasteiger charge is 2.23. The van der Waals surface area contributed by atoms with Crippen LogP contribution in [0.4, 0.5) is 5.95 Å². The van der Waals surface area contributed by atoms with E-state index in [-0.39, 0.29) is 5.91 Å². The smallest absolute Gasteiger partial charge is 0.265 e. The third kappa shape index (κ3) is 3.88. The number of nitrogens with two attached hydrogens (primary N) is 1. The van der Waals surface area contributed by atoms with Crippen LogP contribution in [0, 0.1) is 13.8 Å². The Bertz CT molecular complexity index is 714. The van der Waals surface area contributed by atoms with Crippen molar-refractivity contribution in [3.8, 4) is 0 Å². The molecule has 0 bridgehead atoms. The number of thiazole rings is 1. The number of anilines is 1. The Morgan fingerprint density at radius 1 is 1.21 bits per heavy atom. The zero-order valence-corrected chi connectivity index (χ0v) is 14.8. The highest BCUT2D eigenvalue weighted by atomic mass is 32.1. The molecule has 2 aromatic rings. The Balaban J connectivity index is 1.61. The van der Waals surface area contributed by atoms with Gasteiger partial charge in [-0.2, -0.15) is 0 Å². The molecular formula is C16H22N6OS. The normalized spacial score (nSPS) is 16.2. The van der Waals surface area contributed by atoms with Crippen LogP contribution < -0.4 is 5.73 Å². The molecule has 24 heavy (non-hydrogen) atoms. The number of nitrogens with zero attached hydrogens (tertiary/aromatic N) is 5. The van der Waals surface area contributed by atoms with Gasteiger partial charge in [0.1, 0.15) is 4.88 Å². The number of hydrogen-bond donors (Lipinski definition) is 1. The van der Waals surface area contributed by atoms with Gasteiger partial charge in [-0.05, 0) is 20.3 Å². The minimum Gasteiger partial charge on any atom is -0.368 e. The maximum absolute atomic E-state index is 12.7. The molecule has 3 heterocycles. The lowest BCUT2D eigenvalue weighted by atomic mass is 10.3. The van der Waals surface area contributed by atoms with E-state index >= 15 is 0 Å². The molecule has 1 amide bonds. The first-order valence-corrected chi connectivity index (χ1v) is 8.86. The summed E-state index contributed by atoms with van der Waals surface area (Å²) >= 11 is 1.48. The first kappa shape index (κ1) is 16.8. The number of hydrogen-bond acceptors (Lipinski definition) is 7. The average Bonchev–Trinajstić information content (AvgIpc) is 2.75. The molecule has 3 rings (SSSR count). The van der Waals surface area contributed by atoms with E-state index in [1.165, 1.54) is 11.3 Å². The molecule has 128 valence electrons. The van der Waals surface area contributed by atoms with Crippen LogP contribution in [-0.4, -0.2) is 56.8 Å². The van der Waals surface area contributed by atoms with E-state index in [4.69, 9.17) is 5.73 Å². The van der Waals surface area contributed by atoms with Crippen LogP contribution >= 0.6 is 11.3 Å². The molecule has 0 unspecified atom stereocenters. The van der Waals surface area contributed by atoms with Crippen molar-refractivity contribution in [2.24, 2.45) is 0 Å². The molecule has 1 aliphatic rings.